The third-order valence-corrected chi connectivity index (χ3v) is 4.72. The molecule has 1 atom stereocenters. The SMILES string of the molecule is O=C(O)CCC1CCN(C(=O)Nc2ccc(Cl)c(Br)c2)C1. The molecule has 1 aromatic rings. The molecule has 0 spiro atoms. The molecule has 2 N–H and O–H groups in total. The van der Waals surface area contributed by atoms with Crippen LogP contribution in [0.4, 0.5) is 10.5 Å². The van der Waals surface area contributed by atoms with Crippen molar-refractivity contribution in [3.8, 4) is 0 Å². The number of halogens is 2. The number of rotatable bonds is 4. The molecule has 1 heterocycles. The zero-order chi connectivity index (χ0) is 15.4. The van der Waals surface area contributed by atoms with E-state index in [2.05, 4.69) is 21.2 Å². The largest absolute Gasteiger partial charge is 0.481 e. The number of carboxylic acids is 1. The van der Waals surface area contributed by atoms with E-state index in [-0.39, 0.29) is 18.4 Å². The smallest absolute Gasteiger partial charge is 0.321 e. The van der Waals surface area contributed by atoms with Gasteiger partial charge in [-0.3, -0.25) is 4.79 Å². The van der Waals surface area contributed by atoms with Crippen LogP contribution in [0.15, 0.2) is 22.7 Å². The van der Waals surface area contributed by atoms with Gasteiger partial charge in [0.05, 0.1) is 5.02 Å². The van der Waals surface area contributed by atoms with Crippen LogP contribution in [-0.2, 0) is 4.79 Å². The Morgan fingerprint density at radius 3 is 2.90 bits per heavy atom. The van der Waals surface area contributed by atoms with E-state index in [0.717, 1.165) is 10.9 Å². The van der Waals surface area contributed by atoms with E-state index in [1.54, 1.807) is 23.1 Å². The zero-order valence-electron chi connectivity index (χ0n) is 11.3. The van der Waals surface area contributed by atoms with Gasteiger partial charge in [0.1, 0.15) is 0 Å². The van der Waals surface area contributed by atoms with Gasteiger partial charge in [-0.15, -0.1) is 0 Å². The molecular weight excluding hydrogens is 360 g/mol. The van der Waals surface area contributed by atoms with Gasteiger partial charge < -0.3 is 15.3 Å². The molecule has 1 saturated heterocycles. The number of nitrogens with one attached hydrogen (secondary N) is 1. The van der Waals surface area contributed by atoms with E-state index in [4.69, 9.17) is 16.7 Å². The molecule has 0 radical (unpaired) electrons. The Kier molecular flexibility index (Phi) is 5.47. The minimum absolute atomic E-state index is 0.157. The molecule has 1 aliphatic heterocycles. The predicted molar refractivity (Wildman–Crippen MR) is 84.7 cm³/mol. The van der Waals surface area contributed by atoms with Crippen molar-refractivity contribution in [1.82, 2.24) is 4.90 Å². The number of carbonyl (C=O) groups is 2. The van der Waals surface area contributed by atoms with Crippen molar-refractivity contribution in [3.05, 3.63) is 27.7 Å². The lowest BCUT2D eigenvalue weighted by atomic mass is 10.0. The van der Waals surface area contributed by atoms with Gasteiger partial charge in [-0.2, -0.15) is 0 Å². The van der Waals surface area contributed by atoms with Gasteiger partial charge in [0.2, 0.25) is 0 Å². The summed E-state index contributed by atoms with van der Waals surface area (Å²) in [6, 6.07) is 5.03. The van der Waals surface area contributed by atoms with Crippen molar-refractivity contribution >= 4 is 45.2 Å². The molecule has 1 aromatic carbocycles. The third kappa shape index (κ3) is 4.61. The number of hydrogen-bond acceptors (Lipinski definition) is 2. The second kappa shape index (κ2) is 7.13. The van der Waals surface area contributed by atoms with Gasteiger partial charge in [-0.1, -0.05) is 11.6 Å². The van der Waals surface area contributed by atoms with Crippen molar-refractivity contribution < 1.29 is 14.7 Å². The zero-order valence-corrected chi connectivity index (χ0v) is 13.7. The molecule has 5 nitrogen and oxygen atoms in total. The molecule has 0 aromatic heterocycles. The first-order valence-electron chi connectivity index (χ1n) is 6.68. The Labute approximate surface area is 136 Å². The summed E-state index contributed by atoms with van der Waals surface area (Å²) in [5, 5.41) is 12.1. The molecule has 1 fully saturated rings. The van der Waals surface area contributed by atoms with Crippen LogP contribution < -0.4 is 5.32 Å². The topological polar surface area (TPSA) is 69.6 Å². The second-order valence-electron chi connectivity index (χ2n) is 5.09. The van der Waals surface area contributed by atoms with Crippen LogP contribution in [0.3, 0.4) is 0 Å². The molecule has 21 heavy (non-hydrogen) atoms. The number of anilines is 1. The number of urea groups is 1. The van der Waals surface area contributed by atoms with Crippen LogP contribution in [0.5, 0.6) is 0 Å². The molecule has 1 aliphatic rings. The van der Waals surface area contributed by atoms with E-state index >= 15 is 0 Å². The highest BCUT2D eigenvalue weighted by atomic mass is 79.9. The quantitative estimate of drug-likeness (QED) is 0.840. The van der Waals surface area contributed by atoms with Gasteiger partial charge in [0.25, 0.3) is 0 Å². The third-order valence-electron chi connectivity index (χ3n) is 3.51. The van der Waals surface area contributed by atoms with E-state index in [1.807, 2.05) is 0 Å². The molecule has 2 amide bonds. The van der Waals surface area contributed by atoms with Crippen LogP contribution in [0.1, 0.15) is 19.3 Å². The van der Waals surface area contributed by atoms with Crippen LogP contribution in [0.25, 0.3) is 0 Å². The van der Waals surface area contributed by atoms with E-state index in [1.165, 1.54) is 0 Å². The highest BCUT2D eigenvalue weighted by Gasteiger charge is 2.26. The number of aliphatic carboxylic acids is 1. The van der Waals surface area contributed by atoms with Gasteiger partial charge in [0, 0.05) is 29.7 Å². The molecule has 7 heteroatoms. The van der Waals surface area contributed by atoms with Crippen molar-refractivity contribution in [1.29, 1.82) is 0 Å². The average molecular weight is 376 g/mol. The van der Waals surface area contributed by atoms with E-state index in [0.29, 0.717) is 30.2 Å². The summed E-state index contributed by atoms with van der Waals surface area (Å²) < 4.78 is 0.725. The number of nitrogens with zero attached hydrogens (tertiary/aromatic N) is 1. The fourth-order valence-corrected chi connectivity index (χ4v) is 2.85. The Bertz CT molecular complexity index is 553. The Morgan fingerprint density at radius 2 is 2.24 bits per heavy atom. The van der Waals surface area contributed by atoms with Crippen molar-refractivity contribution in [2.45, 2.75) is 19.3 Å². The van der Waals surface area contributed by atoms with Crippen molar-refractivity contribution in [2.24, 2.45) is 5.92 Å². The summed E-state index contributed by atoms with van der Waals surface area (Å²) in [6.07, 6.45) is 1.63. The summed E-state index contributed by atoms with van der Waals surface area (Å²) in [5.41, 5.74) is 0.672. The second-order valence-corrected chi connectivity index (χ2v) is 6.35. The highest BCUT2D eigenvalue weighted by molar-refractivity contribution is 9.10. The van der Waals surface area contributed by atoms with Crippen LogP contribution in [0.2, 0.25) is 5.02 Å². The minimum atomic E-state index is -0.788. The van der Waals surface area contributed by atoms with Crippen molar-refractivity contribution in [2.75, 3.05) is 18.4 Å². The van der Waals surface area contributed by atoms with E-state index < -0.39 is 5.97 Å². The maximum absolute atomic E-state index is 12.1. The Balaban J connectivity index is 1.86. The lowest BCUT2D eigenvalue weighted by Crippen LogP contribution is -2.33. The number of hydrogen-bond donors (Lipinski definition) is 2. The maximum Gasteiger partial charge on any atom is 0.321 e. The Hall–Kier alpha value is -1.27. The standard InChI is InChI=1S/C14H16BrClN2O3/c15-11-7-10(2-3-12(11)16)17-14(21)18-6-5-9(8-18)1-4-13(19)20/h2-3,7,9H,1,4-6,8H2,(H,17,21)(H,19,20). The van der Waals surface area contributed by atoms with Gasteiger partial charge in [-0.25, -0.2) is 4.79 Å². The number of carbonyl (C=O) groups excluding carboxylic acids is 1. The molecule has 0 aliphatic carbocycles. The monoisotopic (exact) mass is 374 g/mol. The molecule has 2 rings (SSSR count). The first-order chi connectivity index (χ1) is 9.95. The lowest BCUT2D eigenvalue weighted by molar-refractivity contribution is -0.137. The molecule has 0 saturated carbocycles. The molecule has 114 valence electrons. The van der Waals surface area contributed by atoms with Crippen LogP contribution in [-0.4, -0.2) is 35.1 Å². The van der Waals surface area contributed by atoms with Gasteiger partial charge in [0.15, 0.2) is 0 Å². The summed E-state index contributed by atoms with van der Waals surface area (Å²) in [7, 11) is 0. The maximum atomic E-state index is 12.1. The summed E-state index contributed by atoms with van der Waals surface area (Å²) in [6.45, 7) is 1.26. The lowest BCUT2D eigenvalue weighted by Gasteiger charge is -2.17. The number of amides is 2. The van der Waals surface area contributed by atoms with Gasteiger partial charge in [-0.05, 0) is 52.9 Å². The Morgan fingerprint density at radius 1 is 1.48 bits per heavy atom. The highest BCUT2D eigenvalue weighted by Crippen LogP contribution is 2.26. The average Bonchev–Trinajstić information content (AvgIpc) is 2.89. The summed E-state index contributed by atoms with van der Waals surface area (Å²) in [4.78, 5) is 24.4. The number of benzene rings is 1. The summed E-state index contributed by atoms with van der Waals surface area (Å²) >= 11 is 9.22. The fraction of sp³-hybridized carbons (Fsp3) is 0.429. The van der Waals surface area contributed by atoms with E-state index in [9.17, 15) is 9.59 Å². The van der Waals surface area contributed by atoms with Crippen LogP contribution >= 0.6 is 27.5 Å². The first kappa shape index (κ1) is 16.1. The normalized spacial score (nSPS) is 17.8. The number of likely N-dealkylation sites (tertiary alicyclic amines) is 1. The van der Waals surface area contributed by atoms with Crippen LogP contribution in [0, 0.1) is 5.92 Å². The number of carboxylic acid groups (broad SMARTS) is 1. The first-order valence-corrected chi connectivity index (χ1v) is 7.85. The fourth-order valence-electron chi connectivity index (χ4n) is 2.36. The molecule has 0 bridgehead atoms. The van der Waals surface area contributed by atoms with Gasteiger partial charge >= 0.3 is 12.0 Å². The summed E-state index contributed by atoms with van der Waals surface area (Å²) in [5.74, 6) is -0.521. The molecule has 1 unspecified atom stereocenters. The predicted octanol–water partition coefficient (Wildman–Crippen LogP) is 3.82. The molecular formula is C14H16BrClN2O3. The van der Waals surface area contributed by atoms with Crippen molar-refractivity contribution in [3.63, 3.8) is 0 Å². The minimum Gasteiger partial charge on any atom is -0.481 e.